The van der Waals surface area contributed by atoms with Gasteiger partial charge in [0.1, 0.15) is 17.2 Å². The molecule has 182 valence electrons. The van der Waals surface area contributed by atoms with Crippen molar-refractivity contribution in [2.75, 3.05) is 23.8 Å². The number of halogens is 2. The predicted molar refractivity (Wildman–Crippen MR) is 119 cm³/mol. The summed E-state index contributed by atoms with van der Waals surface area (Å²) in [5.41, 5.74) is 0.218. The number of aliphatic hydroxyl groups is 3. The van der Waals surface area contributed by atoms with Gasteiger partial charge in [0.05, 0.1) is 30.7 Å². The molecule has 13 heteroatoms. The molecule has 1 amide bonds. The van der Waals surface area contributed by atoms with Crippen molar-refractivity contribution in [3.8, 4) is 0 Å². The second kappa shape index (κ2) is 10.2. The second-order valence-electron chi connectivity index (χ2n) is 8.09. The molecule has 11 nitrogen and oxygen atoms in total. The summed E-state index contributed by atoms with van der Waals surface area (Å²) in [7, 11) is 0. The van der Waals surface area contributed by atoms with Crippen molar-refractivity contribution >= 4 is 34.8 Å². The molecule has 2 aromatic heterocycles. The zero-order valence-electron chi connectivity index (χ0n) is 18.1. The number of aromatic nitrogens is 4. The molecule has 1 aromatic carbocycles. The summed E-state index contributed by atoms with van der Waals surface area (Å²) in [6, 6.07) is 2.22. The minimum atomic E-state index is -1.18. The number of amides is 1. The molecule has 1 saturated carbocycles. The molecule has 1 fully saturated rings. The first-order valence-electron chi connectivity index (χ1n) is 10.8. The number of imidazole rings is 1. The van der Waals surface area contributed by atoms with E-state index in [1.165, 1.54) is 6.20 Å². The fourth-order valence-electron chi connectivity index (χ4n) is 3.68. The van der Waals surface area contributed by atoms with Crippen LogP contribution in [0.1, 0.15) is 25.7 Å². The minimum absolute atomic E-state index is 0.0525. The SMILES string of the molecule is O=C(NC[C@@H](O)CO)n1c(Nc2ccc(F)cc2F)nc2cnc(N[C@H]3CC[C@H](O)CC3)nc21. The lowest BCUT2D eigenvalue weighted by atomic mass is 9.93. The lowest BCUT2D eigenvalue weighted by Gasteiger charge is -2.26. The van der Waals surface area contributed by atoms with E-state index in [0.29, 0.717) is 18.9 Å². The van der Waals surface area contributed by atoms with E-state index in [4.69, 9.17) is 5.11 Å². The Morgan fingerprint density at radius 3 is 2.68 bits per heavy atom. The molecule has 0 radical (unpaired) electrons. The third kappa shape index (κ3) is 5.38. The van der Waals surface area contributed by atoms with Gasteiger partial charge in [0.15, 0.2) is 5.65 Å². The van der Waals surface area contributed by atoms with Gasteiger partial charge in [0, 0.05) is 18.7 Å². The Balaban J connectivity index is 1.67. The second-order valence-corrected chi connectivity index (χ2v) is 8.09. The Hall–Kier alpha value is -3.42. The van der Waals surface area contributed by atoms with Crippen LogP contribution in [-0.2, 0) is 0 Å². The molecule has 1 aliphatic rings. The van der Waals surface area contributed by atoms with Crippen LogP contribution in [0.4, 0.5) is 31.2 Å². The number of anilines is 3. The van der Waals surface area contributed by atoms with Crippen LogP contribution in [0.25, 0.3) is 11.2 Å². The van der Waals surface area contributed by atoms with Crippen LogP contribution in [-0.4, -0.2) is 72.3 Å². The summed E-state index contributed by atoms with van der Waals surface area (Å²) in [5.74, 6) is -1.51. The highest BCUT2D eigenvalue weighted by atomic mass is 19.1. The van der Waals surface area contributed by atoms with Crippen LogP contribution >= 0.6 is 0 Å². The highest BCUT2D eigenvalue weighted by Gasteiger charge is 2.23. The first kappa shape index (κ1) is 23.7. The van der Waals surface area contributed by atoms with Gasteiger partial charge in [0.25, 0.3) is 0 Å². The van der Waals surface area contributed by atoms with Gasteiger partial charge >= 0.3 is 6.03 Å². The Morgan fingerprint density at radius 1 is 1.21 bits per heavy atom. The maximum absolute atomic E-state index is 14.2. The molecule has 3 aromatic rings. The molecular weight excluding hydrogens is 452 g/mol. The maximum atomic E-state index is 14.2. The highest BCUT2D eigenvalue weighted by molar-refractivity contribution is 5.91. The number of hydrogen-bond donors (Lipinski definition) is 6. The quantitative estimate of drug-likeness (QED) is 0.296. The molecule has 2 heterocycles. The third-order valence-electron chi connectivity index (χ3n) is 5.51. The number of aliphatic hydroxyl groups excluding tert-OH is 3. The number of nitrogens with zero attached hydrogens (tertiary/aromatic N) is 4. The predicted octanol–water partition coefficient (Wildman–Crippen LogP) is 1.47. The van der Waals surface area contributed by atoms with Crippen LogP contribution in [0.2, 0.25) is 0 Å². The Bertz CT molecular complexity index is 1170. The summed E-state index contributed by atoms with van der Waals surface area (Å²) in [4.78, 5) is 25.9. The van der Waals surface area contributed by atoms with Gasteiger partial charge in [-0.2, -0.15) is 4.98 Å². The van der Waals surface area contributed by atoms with Crippen molar-refractivity contribution in [3.63, 3.8) is 0 Å². The van der Waals surface area contributed by atoms with E-state index in [1.54, 1.807) is 0 Å². The minimum Gasteiger partial charge on any atom is -0.394 e. The number of benzene rings is 1. The van der Waals surface area contributed by atoms with Crippen molar-refractivity contribution in [2.45, 2.75) is 43.9 Å². The summed E-state index contributed by atoms with van der Waals surface area (Å²) < 4.78 is 28.6. The van der Waals surface area contributed by atoms with E-state index in [-0.39, 0.29) is 47.4 Å². The van der Waals surface area contributed by atoms with Crippen LogP contribution in [0.5, 0.6) is 0 Å². The van der Waals surface area contributed by atoms with Gasteiger partial charge in [-0.1, -0.05) is 0 Å². The number of nitrogens with one attached hydrogen (secondary N) is 3. The van der Waals surface area contributed by atoms with Crippen molar-refractivity contribution in [1.82, 2.24) is 24.8 Å². The molecular formula is C21H25F2N7O4. The fourth-order valence-corrected chi connectivity index (χ4v) is 3.68. The summed E-state index contributed by atoms with van der Waals surface area (Å²) in [6.45, 7) is -0.802. The normalized spacial score (nSPS) is 19.1. The van der Waals surface area contributed by atoms with Crippen LogP contribution in [0.15, 0.2) is 24.4 Å². The smallest absolute Gasteiger partial charge is 0.330 e. The Labute approximate surface area is 192 Å². The Kier molecular flexibility index (Phi) is 7.14. The number of fused-ring (bicyclic) bond motifs is 1. The molecule has 1 aliphatic carbocycles. The zero-order valence-corrected chi connectivity index (χ0v) is 18.1. The topological polar surface area (TPSA) is 157 Å². The highest BCUT2D eigenvalue weighted by Crippen LogP contribution is 2.25. The molecule has 0 unspecified atom stereocenters. The van der Waals surface area contributed by atoms with Gasteiger partial charge in [-0.25, -0.2) is 28.1 Å². The van der Waals surface area contributed by atoms with E-state index < -0.39 is 30.4 Å². The summed E-state index contributed by atoms with van der Waals surface area (Å²) in [6.07, 6.45) is 2.69. The molecule has 0 spiro atoms. The van der Waals surface area contributed by atoms with Crippen LogP contribution in [0, 0.1) is 11.6 Å². The van der Waals surface area contributed by atoms with Crippen LogP contribution < -0.4 is 16.0 Å². The lowest BCUT2D eigenvalue weighted by Crippen LogP contribution is -2.37. The molecule has 34 heavy (non-hydrogen) atoms. The van der Waals surface area contributed by atoms with E-state index in [1.807, 2.05) is 0 Å². The average molecular weight is 477 g/mol. The summed E-state index contributed by atoms with van der Waals surface area (Å²) in [5, 5.41) is 36.6. The molecule has 0 bridgehead atoms. The van der Waals surface area contributed by atoms with Crippen LogP contribution in [0.3, 0.4) is 0 Å². The van der Waals surface area contributed by atoms with Crippen molar-refractivity contribution < 1.29 is 28.9 Å². The molecule has 0 saturated heterocycles. The monoisotopic (exact) mass is 477 g/mol. The van der Waals surface area contributed by atoms with Crippen molar-refractivity contribution in [1.29, 1.82) is 0 Å². The lowest BCUT2D eigenvalue weighted by molar-refractivity contribution is 0.0960. The van der Waals surface area contributed by atoms with Gasteiger partial charge in [-0.3, -0.25) is 0 Å². The van der Waals surface area contributed by atoms with E-state index >= 15 is 0 Å². The molecule has 6 N–H and O–H groups in total. The number of carbonyl (C=O) groups is 1. The molecule has 1 atom stereocenters. The van der Waals surface area contributed by atoms with Gasteiger partial charge < -0.3 is 31.3 Å². The van der Waals surface area contributed by atoms with Gasteiger partial charge in [-0.05, 0) is 37.8 Å². The Morgan fingerprint density at radius 2 is 1.97 bits per heavy atom. The number of rotatable bonds is 7. The van der Waals surface area contributed by atoms with Gasteiger partial charge in [-0.15, -0.1) is 0 Å². The van der Waals surface area contributed by atoms with Gasteiger partial charge in [0.2, 0.25) is 11.9 Å². The fraction of sp³-hybridized carbons (Fsp3) is 0.429. The third-order valence-corrected chi connectivity index (χ3v) is 5.51. The van der Waals surface area contributed by atoms with Crippen molar-refractivity contribution in [3.05, 3.63) is 36.0 Å². The van der Waals surface area contributed by atoms with E-state index in [9.17, 15) is 23.8 Å². The maximum Gasteiger partial charge on any atom is 0.330 e. The first-order valence-corrected chi connectivity index (χ1v) is 10.8. The number of hydrogen-bond acceptors (Lipinski definition) is 9. The van der Waals surface area contributed by atoms with E-state index in [0.717, 1.165) is 29.5 Å². The number of carbonyl (C=O) groups excluding carboxylic acids is 1. The first-order chi connectivity index (χ1) is 16.3. The standard InChI is InChI=1S/C21H25F2N7O4/c22-11-1-6-16(15(23)7-11)27-20-28-17-9-24-19(26-12-2-4-13(32)5-3-12)29-18(17)30(20)21(34)25-8-14(33)10-31/h1,6-7,9,12-14,31-33H,2-5,8,10H2,(H,25,34)(H,27,28)(H,24,26,29)/t12-,13-,14-/m1/s1. The zero-order chi connectivity index (χ0) is 24.2. The largest absolute Gasteiger partial charge is 0.394 e. The average Bonchev–Trinajstić information content (AvgIpc) is 3.17. The molecule has 0 aliphatic heterocycles. The molecule has 4 rings (SSSR count). The summed E-state index contributed by atoms with van der Waals surface area (Å²) >= 11 is 0. The van der Waals surface area contributed by atoms with E-state index in [2.05, 4.69) is 30.9 Å². The van der Waals surface area contributed by atoms with Crippen molar-refractivity contribution in [2.24, 2.45) is 0 Å².